The van der Waals surface area contributed by atoms with E-state index in [4.69, 9.17) is 23.7 Å². The Morgan fingerprint density at radius 2 is 1.00 bits per heavy atom. The number of fused-ring (bicyclic) bond motifs is 2. The molecule has 14 nitrogen and oxygen atoms in total. The maximum Gasteiger partial charge on any atom is 0.410 e. The average Bonchev–Trinajstić information content (AvgIpc) is 3.18. The number of esters is 1. The number of carboxylic acids is 1. The van der Waals surface area contributed by atoms with Crippen molar-refractivity contribution in [2.45, 2.75) is 90.3 Å². The number of pyridine rings is 2. The van der Waals surface area contributed by atoms with Gasteiger partial charge in [-0.1, -0.05) is 12.1 Å². The van der Waals surface area contributed by atoms with Crippen LogP contribution in [0.4, 0.5) is 9.59 Å². The van der Waals surface area contributed by atoms with Crippen molar-refractivity contribution in [3.63, 3.8) is 0 Å². The second-order valence-corrected chi connectivity index (χ2v) is 16.2. The molecule has 0 bridgehead atoms. The van der Waals surface area contributed by atoms with Crippen molar-refractivity contribution < 1.29 is 48.0 Å². The second kappa shape index (κ2) is 17.6. The van der Waals surface area contributed by atoms with Crippen LogP contribution in [0.2, 0.25) is 0 Å². The van der Waals surface area contributed by atoms with Crippen LogP contribution in [0.15, 0.2) is 48.8 Å². The first kappa shape index (κ1) is 42.5. The molecule has 2 aromatic carbocycles. The molecule has 1 N–H and O–H groups in total. The minimum atomic E-state index is -1.06. The standard InChI is InChI=1S/C22H28N2O5.C21H26N2O5/c1-22(2,3)29-21(26)24-10-8-14(9-11-24)15-6-7-19(27-4)17-13-23-18(12-16(15)17)20(25)28-5;1-21(2,3)28-20(26)23-9-7-13(8-10-23)14-5-6-18(27-4)16-12-22-17(19(24)25)11-15(14)16/h6-7,12-14H,8-11H2,1-5H3;5-6,11-13H,7-10H2,1-4H3,(H,24,25). The molecule has 2 aliphatic heterocycles. The molecule has 57 heavy (non-hydrogen) atoms. The monoisotopic (exact) mass is 786 g/mol. The molecule has 0 aliphatic carbocycles. The highest BCUT2D eigenvalue weighted by atomic mass is 16.6. The summed E-state index contributed by atoms with van der Waals surface area (Å²) in [5, 5.41) is 12.7. The van der Waals surface area contributed by atoms with Gasteiger partial charge in [-0.15, -0.1) is 0 Å². The second-order valence-electron chi connectivity index (χ2n) is 16.2. The summed E-state index contributed by atoms with van der Waals surface area (Å²) in [5.41, 5.74) is 1.44. The lowest BCUT2D eigenvalue weighted by atomic mass is 9.86. The van der Waals surface area contributed by atoms with Gasteiger partial charge in [0.05, 0.1) is 21.3 Å². The maximum atomic E-state index is 12.3. The van der Waals surface area contributed by atoms with Crippen molar-refractivity contribution in [1.82, 2.24) is 19.8 Å². The first-order valence-corrected chi connectivity index (χ1v) is 19.1. The Morgan fingerprint density at radius 3 is 1.35 bits per heavy atom. The predicted octanol–water partition coefficient (Wildman–Crippen LogP) is 8.20. The molecule has 2 aromatic heterocycles. The normalized spacial score (nSPS) is 15.4. The van der Waals surface area contributed by atoms with E-state index >= 15 is 0 Å². The molecular formula is C43H54N4O10. The number of carbonyl (C=O) groups excluding carboxylic acids is 3. The summed E-state index contributed by atoms with van der Waals surface area (Å²) >= 11 is 0. The van der Waals surface area contributed by atoms with Gasteiger partial charge in [-0.3, -0.25) is 0 Å². The molecule has 0 atom stereocenters. The fraction of sp³-hybridized carbons (Fsp3) is 0.488. The van der Waals surface area contributed by atoms with Crippen molar-refractivity contribution in [3.05, 3.63) is 71.3 Å². The summed E-state index contributed by atoms with van der Waals surface area (Å²) in [6, 6.07) is 11.2. The minimum Gasteiger partial charge on any atom is -0.496 e. The molecule has 0 radical (unpaired) electrons. The van der Waals surface area contributed by atoms with Crippen LogP contribution in [0.25, 0.3) is 21.5 Å². The van der Waals surface area contributed by atoms with Crippen molar-refractivity contribution >= 4 is 45.7 Å². The van der Waals surface area contributed by atoms with Crippen LogP contribution in [0.5, 0.6) is 11.5 Å². The van der Waals surface area contributed by atoms with E-state index in [0.29, 0.717) is 37.7 Å². The van der Waals surface area contributed by atoms with Gasteiger partial charge in [-0.2, -0.15) is 0 Å². The van der Waals surface area contributed by atoms with E-state index < -0.39 is 23.1 Å². The Morgan fingerprint density at radius 1 is 0.614 bits per heavy atom. The number of hydrogen-bond donors (Lipinski definition) is 1. The Bertz CT molecular complexity index is 2110. The zero-order chi connectivity index (χ0) is 41.7. The number of rotatable bonds is 6. The van der Waals surface area contributed by atoms with Crippen LogP contribution >= 0.6 is 0 Å². The number of hydrogen-bond acceptors (Lipinski definition) is 11. The summed E-state index contributed by atoms with van der Waals surface area (Å²) in [4.78, 5) is 59.7. The Balaban J connectivity index is 0.000000218. The lowest BCUT2D eigenvalue weighted by molar-refractivity contribution is 0.0194. The molecule has 14 heteroatoms. The summed E-state index contributed by atoms with van der Waals surface area (Å²) in [7, 11) is 4.54. The number of amides is 2. The Hall–Kier alpha value is -5.66. The van der Waals surface area contributed by atoms with Gasteiger partial charge in [0.1, 0.15) is 34.1 Å². The third-order valence-electron chi connectivity index (χ3n) is 10.0. The SMILES string of the molecule is COC(=O)c1cc2c(C3CCN(C(=O)OC(C)(C)C)CC3)ccc(OC)c2cn1.COc1ccc(C2CCN(C(=O)OC(C)(C)C)CC2)c2cc(C(=O)O)ncc12. The van der Waals surface area contributed by atoms with Crippen LogP contribution in [0, 0.1) is 0 Å². The van der Waals surface area contributed by atoms with Crippen LogP contribution in [0.3, 0.4) is 0 Å². The summed E-state index contributed by atoms with van der Waals surface area (Å²) in [5.74, 6) is 0.315. The molecule has 2 aliphatic rings. The molecule has 0 saturated carbocycles. The van der Waals surface area contributed by atoms with Crippen LogP contribution in [-0.2, 0) is 14.2 Å². The van der Waals surface area contributed by atoms with E-state index in [9.17, 15) is 24.3 Å². The first-order valence-electron chi connectivity index (χ1n) is 19.1. The van der Waals surface area contributed by atoms with Crippen LogP contribution in [-0.4, -0.2) is 108 Å². The van der Waals surface area contributed by atoms with Gasteiger partial charge >= 0.3 is 24.1 Å². The molecule has 0 unspecified atom stereocenters. The lowest BCUT2D eigenvalue weighted by Gasteiger charge is -2.34. The highest BCUT2D eigenvalue weighted by molar-refractivity contribution is 5.97. The van der Waals surface area contributed by atoms with E-state index in [0.717, 1.165) is 58.4 Å². The van der Waals surface area contributed by atoms with Crippen molar-refractivity contribution in [3.8, 4) is 11.5 Å². The molecule has 4 aromatic rings. The maximum absolute atomic E-state index is 12.3. The van der Waals surface area contributed by atoms with Crippen LogP contribution in [0.1, 0.15) is 111 Å². The Labute approximate surface area is 333 Å². The van der Waals surface area contributed by atoms with Gasteiger partial charge in [-0.05, 0) is 125 Å². The van der Waals surface area contributed by atoms with E-state index in [1.165, 1.54) is 7.11 Å². The highest BCUT2D eigenvalue weighted by Gasteiger charge is 2.30. The number of carboxylic acid groups (broad SMARTS) is 1. The Kier molecular flexibility index (Phi) is 13.2. The van der Waals surface area contributed by atoms with E-state index in [1.54, 1.807) is 48.5 Å². The zero-order valence-electron chi connectivity index (χ0n) is 34.3. The fourth-order valence-corrected chi connectivity index (χ4v) is 7.27. The van der Waals surface area contributed by atoms with Crippen molar-refractivity contribution in [2.75, 3.05) is 47.5 Å². The number of methoxy groups -OCH3 is 3. The van der Waals surface area contributed by atoms with E-state index in [-0.39, 0.29) is 35.4 Å². The number of likely N-dealkylation sites (tertiary alicyclic amines) is 2. The third kappa shape index (κ3) is 10.4. The smallest absolute Gasteiger partial charge is 0.410 e. The molecule has 2 amide bonds. The van der Waals surface area contributed by atoms with Gasteiger partial charge in [0.25, 0.3) is 0 Å². The highest BCUT2D eigenvalue weighted by Crippen LogP contribution is 2.39. The average molecular weight is 787 g/mol. The number of piperidine rings is 2. The number of aromatic nitrogens is 2. The predicted molar refractivity (Wildman–Crippen MR) is 214 cm³/mol. The summed E-state index contributed by atoms with van der Waals surface area (Å²) in [6.45, 7) is 13.6. The number of nitrogens with zero attached hydrogens (tertiary/aromatic N) is 4. The summed E-state index contributed by atoms with van der Waals surface area (Å²) in [6.07, 6.45) is 5.84. The fourth-order valence-electron chi connectivity index (χ4n) is 7.27. The quantitative estimate of drug-likeness (QED) is 0.147. The first-order chi connectivity index (χ1) is 26.9. The number of benzene rings is 2. The molecule has 306 valence electrons. The molecular weight excluding hydrogens is 732 g/mol. The number of ether oxygens (including phenoxy) is 5. The van der Waals surface area contributed by atoms with E-state index in [2.05, 4.69) is 9.97 Å². The van der Waals surface area contributed by atoms with Gasteiger partial charge in [-0.25, -0.2) is 29.1 Å². The van der Waals surface area contributed by atoms with Gasteiger partial charge < -0.3 is 38.6 Å². The van der Waals surface area contributed by atoms with Crippen molar-refractivity contribution in [2.24, 2.45) is 0 Å². The molecule has 6 rings (SSSR count). The molecule has 2 fully saturated rings. The van der Waals surface area contributed by atoms with E-state index in [1.807, 2.05) is 65.8 Å². The van der Waals surface area contributed by atoms with Gasteiger partial charge in [0.15, 0.2) is 0 Å². The van der Waals surface area contributed by atoms with Gasteiger partial charge in [0, 0.05) is 49.3 Å². The molecule has 2 saturated heterocycles. The third-order valence-corrected chi connectivity index (χ3v) is 10.0. The number of aromatic carboxylic acids is 1. The lowest BCUT2D eigenvalue weighted by Crippen LogP contribution is -2.41. The molecule has 0 spiro atoms. The van der Waals surface area contributed by atoms with Crippen molar-refractivity contribution in [1.29, 1.82) is 0 Å². The van der Waals surface area contributed by atoms with Crippen LogP contribution < -0.4 is 9.47 Å². The zero-order valence-corrected chi connectivity index (χ0v) is 34.3. The molecule has 4 heterocycles. The van der Waals surface area contributed by atoms with Gasteiger partial charge in [0.2, 0.25) is 0 Å². The summed E-state index contributed by atoms with van der Waals surface area (Å²) < 4.78 is 26.6. The number of carbonyl (C=O) groups is 4. The largest absolute Gasteiger partial charge is 0.496 e. The topological polar surface area (TPSA) is 167 Å². The minimum absolute atomic E-state index is 0.00759.